The second kappa shape index (κ2) is 7.63. The predicted octanol–water partition coefficient (Wildman–Crippen LogP) is 2.45. The van der Waals surface area contributed by atoms with Gasteiger partial charge in [0.05, 0.1) is 25.0 Å². The zero-order valence-electron chi connectivity index (χ0n) is 10.3. The topological polar surface area (TPSA) is 51.0 Å². The third-order valence-corrected chi connectivity index (χ3v) is 2.68. The van der Waals surface area contributed by atoms with Gasteiger partial charge in [-0.05, 0) is 31.6 Å². The van der Waals surface area contributed by atoms with Crippen LogP contribution in [0.25, 0.3) is 0 Å². The monoisotopic (exact) mass is 229 g/mol. The highest BCUT2D eigenvalue weighted by atomic mass is 16.5. The summed E-state index contributed by atoms with van der Waals surface area (Å²) in [5.41, 5.74) is 0.899. The van der Waals surface area contributed by atoms with E-state index < -0.39 is 0 Å². The van der Waals surface area contributed by atoms with Crippen LogP contribution in [0.4, 0.5) is 0 Å². The molecule has 0 bridgehead atoms. The lowest BCUT2D eigenvalue weighted by Gasteiger charge is -2.22. The van der Waals surface area contributed by atoms with Gasteiger partial charge in [-0.2, -0.15) is 0 Å². The lowest BCUT2D eigenvalue weighted by atomic mass is 9.96. The van der Waals surface area contributed by atoms with E-state index in [1.54, 1.807) is 0 Å². The van der Waals surface area contributed by atoms with Crippen molar-refractivity contribution in [3.63, 3.8) is 0 Å². The Hall–Kier alpha value is -0.610. The van der Waals surface area contributed by atoms with E-state index in [0.29, 0.717) is 25.2 Å². The minimum atomic E-state index is 0.313. The van der Waals surface area contributed by atoms with Gasteiger partial charge >= 0.3 is 0 Å². The Balaban J connectivity index is 1.98. The molecule has 4 heteroatoms. The Morgan fingerprint density at radius 2 is 2.00 bits per heavy atom. The fraction of sp³-hybridized carbons (Fsp3) is 0.917. The quantitative estimate of drug-likeness (QED) is 0.432. The number of ether oxygens (including phenoxy) is 2. The minimum absolute atomic E-state index is 0.313. The largest absolute Gasteiger partial charge is 0.411 e. The first-order valence-electron chi connectivity index (χ1n) is 6.11. The fourth-order valence-corrected chi connectivity index (χ4v) is 1.78. The van der Waals surface area contributed by atoms with Gasteiger partial charge in [-0.25, -0.2) is 0 Å². The van der Waals surface area contributed by atoms with Gasteiger partial charge in [-0.1, -0.05) is 19.0 Å². The first kappa shape index (κ1) is 13.5. The summed E-state index contributed by atoms with van der Waals surface area (Å²) in [6.45, 7) is 6.42. The van der Waals surface area contributed by atoms with E-state index in [0.717, 1.165) is 38.0 Å². The van der Waals surface area contributed by atoms with Crippen molar-refractivity contribution in [2.24, 2.45) is 11.1 Å². The van der Waals surface area contributed by atoms with Crippen LogP contribution in [0.15, 0.2) is 5.16 Å². The molecule has 4 nitrogen and oxygen atoms in total. The Bertz CT molecular complexity index is 206. The van der Waals surface area contributed by atoms with Crippen molar-refractivity contribution in [1.82, 2.24) is 0 Å². The van der Waals surface area contributed by atoms with Crippen molar-refractivity contribution >= 4 is 5.71 Å². The highest BCUT2D eigenvalue weighted by Crippen LogP contribution is 2.18. The molecule has 0 aromatic rings. The second-order valence-corrected chi connectivity index (χ2v) is 4.71. The number of nitrogens with zero attached hydrogens (tertiary/aromatic N) is 1. The van der Waals surface area contributed by atoms with Crippen LogP contribution in [0.3, 0.4) is 0 Å². The first-order chi connectivity index (χ1) is 7.72. The molecule has 0 radical (unpaired) electrons. The number of hydrogen-bond acceptors (Lipinski definition) is 4. The maximum Gasteiger partial charge on any atom is 0.0704 e. The normalized spacial score (nSPS) is 21.4. The summed E-state index contributed by atoms with van der Waals surface area (Å²) in [5.74, 6) is 0.581. The maximum atomic E-state index is 8.60. The highest BCUT2D eigenvalue weighted by Gasteiger charge is 2.17. The highest BCUT2D eigenvalue weighted by molar-refractivity contribution is 5.84. The molecule has 16 heavy (non-hydrogen) atoms. The van der Waals surface area contributed by atoms with Crippen molar-refractivity contribution in [1.29, 1.82) is 0 Å². The molecule has 0 aromatic carbocycles. The Morgan fingerprint density at radius 1 is 1.31 bits per heavy atom. The second-order valence-electron chi connectivity index (χ2n) is 4.71. The lowest BCUT2D eigenvalue weighted by Crippen LogP contribution is -2.23. The van der Waals surface area contributed by atoms with Crippen LogP contribution in [0, 0.1) is 5.92 Å². The summed E-state index contributed by atoms with van der Waals surface area (Å²) in [6, 6.07) is 0. The molecule has 1 fully saturated rings. The van der Waals surface area contributed by atoms with E-state index >= 15 is 0 Å². The van der Waals surface area contributed by atoms with Gasteiger partial charge < -0.3 is 14.7 Å². The Kier molecular flexibility index (Phi) is 6.42. The number of hydrogen-bond donors (Lipinski definition) is 1. The number of rotatable bonds is 6. The van der Waals surface area contributed by atoms with Crippen molar-refractivity contribution in [3.8, 4) is 0 Å². The lowest BCUT2D eigenvalue weighted by molar-refractivity contribution is -0.00787. The molecule has 0 aromatic heterocycles. The third kappa shape index (κ3) is 5.47. The van der Waals surface area contributed by atoms with Crippen molar-refractivity contribution in [3.05, 3.63) is 0 Å². The molecule has 0 atom stereocenters. The van der Waals surface area contributed by atoms with Gasteiger partial charge in [0.2, 0.25) is 0 Å². The molecule has 0 heterocycles. The molecule has 0 unspecified atom stereocenters. The molecule has 0 amide bonds. The zero-order valence-corrected chi connectivity index (χ0v) is 10.3. The van der Waals surface area contributed by atoms with Crippen LogP contribution >= 0.6 is 0 Å². The smallest absolute Gasteiger partial charge is 0.0704 e. The maximum absolute atomic E-state index is 8.60. The van der Waals surface area contributed by atoms with Gasteiger partial charge in [-0.15, -0.1) is 0 Å². The molecule has 0 aliphatic heterocycles. The van der Waals surface area contributed by atoms with E-state index in [9.17, 15) is 0 Å². The molecule has 1 rings (SSSR count). The summed E-state index contributed by atoms with van der Waals surface area (Å²) < 4.78 is 11.1. The summed E-state index contributed by atoms with van der Waals surface area (Å²) in [5, 5.41) is 11.8. The molecule has 1 saturated carbocycles. The summed E-state index contributed by atoms with van der Waals surface area (Å²) >= 11 is 0. The van der Waals surface area contributed by atoms with Crippen LogP contribution in [0.2, 0.25) is 0 Å². The zero-order chi connectivity index (χ0) is 11.8. The molecule has 1 aliphatic carbocycles. The van der Waals surface area contributed by atoms with E-state index in [-0.39, 0.29) is 0 Å². The predicted molar refractivity (Wildman–Crippen MR) is 63.1 cm³/mol. The SMILES string of the molecule is CC(C)COCCOC1CCC(=NO)CC1. The third-order valence-electron chi connectivity index (χ3n) is 2.68. The average molecular weight is 229 g/mol. The van der Waals surface area contributed by atoms with Crippen molar-refractivity contribution in [2.45, 2.75) is 45.6 Å². The van der Waals surface area contributed by atoms with Crippen LogP contribution < -0.4 is 0 Å². The van der Waals surface area contributed by atoms with Gasteiger partial charge in [0.1, 0.15) is 0 Å². The van der Waals surface area contributed by atoms with Gasteiger partial charge in [0, 0.05) is 6.61 Å². The van der Waals surface area contributed by atoms with Crippen LogP contribution in [-0.4, -0.2) is 36.8 Å². The Morgan fingerprint density at radius 3 is 2.56 bits per heavy atom. The van der Waals surface area contributed by atoms with E-state index in [4.69, 9.17) is 14.7 Å². The van der Waals surface area contributed by atoms with Crippen molar-refractivity contribution < 1.29 is 14.7 Å². The molecular formula is C12H23NO3. The molecular weight excluding hydrogens is 206 g/mol. The van der Waals surface area contributed by atoms with Crippen LogP contribution in [-0.2, 0) is 9.47 Å². The van der Waals surface area contributed by atoms with Gasteiger partial charge in [0.25, 0.3) is 0 Å². The molecule has 1 N–H and O–H groups in total. The van der Waals surface area contributed by atoms with E-state index in [1.165, 1.54) is 0 Å². The van der Waals surface area contributed by atoms with E-state index in [2.05, 4.69) is 19.0 Å². The minimum Gasteiger partial charge on any atom is -0.411 e. The molecule has 94 valence electrons. The average Bonchev–Trinajstić information content (AvgIpc) is 2.29. The molecule has 0 saturated heterocycles. The standard InChI is InChI=1S/C12H23NO3/c1-10(2)9-15-7-8-16-12-5-3-11(13-14)4-6-12/h10,12,14H,3-9H2,1-2H3. The summed E-state index contributed by atoms with van der Waals surface area (Å²) in [6.07, 6.45) is 3.95. The molecule has 1 aliphatic rings. The van der Waals surface area contributed by atoms with Crippen LogP contribution in [0.1, 0.15) is 39.5 Å². The van der Waals surface area contributed by atoms with Gasteiger partial charge in [0.15, 0.2) is 0 Å². The van der Waals surface area contributed by atoms with Gasteiger partial charge in [-0.3, -0.25) is 0 Å². The number of oxime groups is 1. The van der Waals surface area contributed by atoms with E-state index in [1.807, 2.05) is 0 Å². The molecule has 0 spiro atoms. The summed E-state index contributed by atoms with van der Waals surface area (Å²) in [4.78, 5) is 0. The first-order valence-corrected chi connectivity index (χ1v) is 6.11. The Labute approximate surface area is 97.6 Å². The summed E-state index contributed by atoms with van der Waals surface area (Å²) in [7, 11) is 0. The van der Waals surface area contributed by atoms with Crippen molar-refractivity contribution in [2.75, 3.05) is 19.8 Å². The van der Waals surface area contributed by atoms with Crippen LogP contribution in [0.5, 0.6) is 0 Å². The fourth-order valence-electron chi connectivity index (χ4n) is 1.78.